The Morgan fingerprint density at radius 2 is 2.05 bits per heavy atom. The highest BCUT2D eigenvalue weighted by atomic mass is 16.4. The summed E-state index contributed by atoms with van der Waals surface area (Å²) in [7, 11) is 0. The van der Waals surface area contributed by atoms with Crippen molar-refractivity contribution >= 4 is 22.6 Å². The van der Waals surface area contributed by atoms with Gasteiger partial charge in [-0.25, -0.2) is 4.79 Å². The fourth-order valence-corrected chi connectivity index (χ4v) is 2.78. The monoisotopic (exact) mass is 270 g/mol. The van der Waals surface area contributed by atoms with Gasteiger partial charge in [0.05, 0.1) is 11.1 Å². The first-order chi connectivity index (χ1) is 9.65. The Morgan fingerprint density at radius 1 is 1.30 bits per heavy atom. The predicted molar refractivity (Wildman–Crippen MR) is 79.3 cm³/mol. The third-order valence-electron chi connectivity index (χ3n) is 4.10. The number of carbonyl (C=O) groups is 1. The molecular formula is C16H18N2O2. The zero-order valence-electron chi connectivity index (χ0n) is 11.5. The topological polar surface area (TPSA) is 53.4 Å². The maximum Gasteiger partial charge on any atom is 0.336 e. The summed E-state index contributed by atoms with van der Waals surface area (Å²) >= 11 is 0. The molecule has 1 aliphatic heterocycles. The van der Waals surface area contributed by atoms with Gasteiger partial charge in [0, 0.05) is 30.4 Å². The van der Waals surface area contributed by atoms with E-state index in [1.54, 1.807) is 12.3 Å². The van der Waals surface area contributed by atoms with E-state index in [2.05, 4.69) is 16.8 Å². The van der Waals surface area contributed by atoms with Crippen molar-refractivity contribution in [1.29, 1.82) is 0 Å². The second-order valence-corrected chi connectivity index (χ2v) is 5.53. The average Bonchev–Trinajstić information content (AvgIpc) is 2.46. The molecule has 0 saturated carbocycles. The van der Waals surface area contributed by atoms with Crippen LogP contribution in [-0.4, -0.2) is 29.1 Å². The zero-order chi connectivity index (χ0) is 14.1. The van der Waals surface area contributed by atoms with Crippen molar-refractivity contribution in [1.82, 2.24) is 4.98 Å². The summed E-state index contributed by atoms with van der Waals surface area (Å²) in [6.45, 7) is 4.36. The molecule has 4 nitrogen and oxygen atoms in total. The van der Waals surface area contributed by atoms with Gasteiger partial charge in [0.15, 0.2) is 0 Å². The standard InChI is InChI=1S/C16H18N2O2/c1-11-5-8-18(9-6-11)12-2-3-15-14(10-12)13(16(19)20)4-7-17-15/h2-4,7,10-11H,5-6,8-9H2,1H3,(H,19,20). The SMILES string of the molecule is CC1CCN(c2ccc3nccc(C(=O)O)c3c2)CC1. The quantitative estimate of drug-likeness (QED) is 0.910. The molecule has 4 heteroatoms. The number of rotatable bonds is 2. The number of hydrogen-bond donors (Lipinski definition) is 1. The highest BCUT2D eigenvalue weighted by Crippen LogP contribution is 2.27. The third kappa shape index (κ3) is 2.33. The number of carboxylic acids is 1. The number of carboxylic acid groups (broad SMARTS) is 1. The number of fused-ring (bicyclic) bond motifs is 1. The summed E-state index contributed by atoms with van der Waals surface area (Å²) in [5, 5.41) is 10.00. The van der Waals surface area contributed by atoms with E-state index >= 15 is 0 Å². The van der Waals surface area contributed by atoms with Crippen molar-refractivity contribution in [3.8, 4) is 0 Å². The van der Waals surface area contributed by atoms with Crippen molar-refractivity contribution < 1.29 is 9.90 Å². The van der Waals surface area contributed by atoms with Crippen LogP contribution in [0.1, 0.15) is 30.1 Å². The molecule has 0 aliphatic carbocycles. The highest BCUT2D eigenvalue weighted by Gasteiger charge is 2.17. The van der Waals surface area contributed by atoms with Gasteiger partial charge in [0.25, 0.3) is 0 Å². The third-order valence-corrected chi connectivity index (χ3v) is 4.10. The first-order valence-electron chi connectivity index (χ1n) is 7.02. The van der Waals surface area contributed by atoms with E-state index in [-0.39, 0.29) is 0 Å². The molecule has 0 spiro atoms. The lowest BCUT2D eigenvalue weighted by Crippen LogP contribution is -2.32. The van der Waals surface area contributed by atoms with Crippen LogP contribution in [0.15, 0.2) is 30.5 Å². The smallest absolute Gasteiger partial charge is 0.336 e. The van der Waals surface area contributed by atoms with Gasteiger partial charge >= 0.3 is 5.97 Å². The van der Waals surface area contributed by atoms with E-state index < -0.39 is 5.97 Å². The second kappa shape index (κ2) is 5.12. The van der Waals surface area contributed by atoms with Crippen LogP contribution in [0.2, 0.25) is 0 Å². The first kappa shape index (κ1) is 12.9. The molecule has 2 aromatic rings. The predicted octanol–water partition coefficient (Wildman–Crippen LogP) is 3.17. The fourth-order valence-electron chi connectivity index (χ4n) is 2.78. The van der Waals surface area contributed by atoms with Gasteiger partial charge in [0.2, 0.25) is 0 Å². The molecule has 1 aromatic carbocycles. The Balaban J connectivity index is 2.01. The number of nitrogens with zero attached hydrogens (tertiary/aromatic N) is 2. The highest BCUT2D eigenvalue weighted by molar-refractivity contribution is 6.03. The molecule has 1 aromatic heterocycles. The summed E-state index contributed by atoms with van der Waals surface area (Å²) in [6.07, 6.45) is 3.93. The Kier molecular flexibility index (Phi) is 3.30. The molecule has 2 heterocycles. The average molecular weight is 270 g/mol. The van der Waals surface area contributed by atoms with Crippen LogP contribution in [0.25, 0.3) is 10.9 Å². The van der Waals surface area contributed by atoms with E-state index in [0.717, 1.165) is 35.6 Å². The summed E-state index contributed by atoms with van der Waals surface area (Å²) in [4.78, 5) is 17.9. The Hall–Kier alpha value is -2.10. The van der Waals surface area contributed by atoms with Crippen molar-refractivity contribution in [3.05, 3.63) is 36.0 Å². The van der Waals surface area contributed by atoms with E-state index in [4.69, 9.17) is 0 Å². The van der Waals surface area contributed by atoms with Crippen molar-refractivity contribution in [2.24, 2.45) is 5.92 Å². The van der Waals surface area contributed by atoms with E-state index in [1.165, 1.54) is 12.8 Å². The minimum absolute atomic E-state index is 0.322. The van der Waals surface area contributed by atoms with E-state index in [1.807, 2.05) is 18.2 Å². The van der Waals surface area contributed by atoms with Crippen LogP contribution in [0.3, 0.4) is 0 Å². The number of pyridine rings is 1. The fraction of sp³-hybridized carbons (Fsp3) is 0.375. The summed E-state index contributed by atoms with van der Waals surface area (Å²) in [5.74, 6) is -0.121. The van der Waals surface area contributed by atoms with Crippen molar-refractivity contribution in [2.45, 2.75) is 19.8 Å². The number of piperidine rings is 1. The maximum atomic E-state index is 11.3. The van der Waals surface area contributed by atoms with Gasteiger partial charge in [-0.05, 0) is 43.0 Å². The first-order valence-corrected chi connectivity index (χ1v) is 7.02. The van der Waals surface area contributed by atoms with E-state index in [0.29, 0.717) is 5.56 Å². The molecule has 0 amide bonds. The molecule has 20 heavy (non-hydrogen) atoms. The molecule has 0 bridgehead atoms. The lowest BCUT2D eigenvalue weighted by molar-refractivity contribution is 0.0699. The molecule has 1 N–H and O–H groups in total. The number of aromatic carboxylic acids is 1. The second-order valence-electron chi connectivity index (χ2n) is 5.53. The van der Waals surface area contributed by atoms with Crippen molar-refractivity contribution in [2.75, 3.05) is 18.0 Å². The van der Waals surface area contributed by atoms with Crippen LogP contribution in [-0.2, 0) is 0 Å². The molecular weight excluding hydrogens is 252 g/mol. The molecule has 1 fully saturated rings. The van der Waals surface area contributed by atoms with Gasteiger partial charge in [-0.1, -0.05) is 6.92 Å². The molecule has 0 radical (unpaired) electrons. The van der Waals surface area contributed by atoms with Crippen molar-refractivity contribution in [3.63, 3.8) is 0 Å². The lowest BCUT2D eigenvalue weighted by atomic mass is 9.98. The zero-order valence-corrected chi connectivity index (χ0v) is 11.5. The molecule has 1 aliphatic rings. The summed E-state index contributed by atoms with van der Waals surface area (Å²) in [6, 6.07) is 7.47. The minimum Gasteiger partial charge on any atom is -0.478 e. The van der Waals surface area contributed by atoms with Crippen LogP contribution in [0, 0.1) is 5.92 Å². The van der Waals surface area contributed by atoms with Crippen LogP contribution in [0.5, 0.6) is 0 Å². The number of hydrogen-bond acceptors (Lipinski definition) is 3. The van der Waals surface area contributed by atoms with E-state index in [9.17, 15) is 9.90 Å². The van der Waals surface area contributed by atoms with Crippen LogP contribution in [0.4, 0.5) is 5.69 Å². The number of anilines is 1. The van der Waals surface area contributed by atoms with Gasteiger partial charge in [-0.2, -0.15) is 0 Å². The lowest BCUT2D eigenvalue weighted by Gasteiger charge is -2.32. The van der Waals surface area contributed by atoms with Gasteiger partial charge in [-0.15, -0.1) is 0 Å². The summed E-state index contributed by atoms with van der Waals surface area (Å²) in [5.41, 5.74) is 2.15. The largest absolute Gasteiger partial charge is 0.478 e. The Labute approximate surface area is 118 Å². The number of benzene rings is 1. The summed E-state index contributed by atoms with van der Waals surface area (Å²) < 4.78 is 0. The van der Waals surface area contributed by atoms with Gasteiger partial charge in [0.1, 0.15) is 0 Å². The molecule has 1 saturated heterocycles. The van der Waals surface area contributed by atoms with Gasteiger partial charge in [-0.3, -0.25) is 4.98 Å². The maximum absolute atomic E-state index is 11.3. The molecule has 0 atom stereocenters. The minimum atomic E-state index is -0.901. The normalized spacial score (nSPS) is 16.6. The van der Waals surface area contributed by atoms with Gasteiger partial charge < -0.3 is 10.0 Å². The van der Waals surface area contributed by atoms with Crippen LogP contribution < -0.4 is 4.90 Å². The molecule has 104 valence electrons. The molecule has 0 unspecified atom stereocenters. The molecule has 3 rings (SSSR count). The van der Waals surface area contributed by atoms with Crippen LogP contribution >= 0.6 is 0 Å². The Bertz CT molecular complexity index is 646. The Morgan fingerprint density at radius 3 is 2.75 bits per heavy atom. The number of aromatic nitrogens is 1.